The third-order valence-corrected chi connectivity index (χ3v) is 3.88. The molecule has 1 heterocycles. The first-order valence-corrected chi connectivity index (χ1v) is 7.46. The standard InChI is InChI=1S/C13H21N3O3S/c1-4-9(5-2)6-16(7-11(17)19-3)12(18)10-8-20-13(14)15-10/h8-9H,4-7H2,1-3H3,(H2,14,15). The number of aromatic nitrogens is 1. The Morgan fingerprint density at radius 2 is 2.10 bits per heavy atom. The van der Waals surface area contributed by atoms with E-state index >= 15 is 0 Å². The van der Waals surface area contributed by atoms with Gasteiger partial charge >= 0.3 is 5.97 Å². The second kappa shape index (κ2) is 7.84. The van der Waals surface area contributed by atoms with Gasteiger partial charge in [-0.1, -0.05) is 26.7 Å². The van der Waals surface area contributed by atoms with Crippen LogP contribution in [0.3, 0.4) is 0 Å². The third-order valence-electron chi connectivity index (χ3n) is 3.21. The van der Waals surface area contributed by atoms with Gasteiger partial charge in [-0.2, -0.15) is 0 Å². The molecule has 0 aliphatic heterocycles. The smallest absolute Gasteiger partial charge is 0.325 e. The van der Waals surface area contributed by atoms with Gasteiger partial charge in [-0.25, -0.2) is 4.98 Å². The maximum atomic E-state index is 12.4. The van der Waals surface area contributed by atoms with Crippen LogP contribution in [0, 0.1) is 5.92 Å². The van der Waals surface area contributed by atoms with Gasteiger partial charge in [-0.15, -0.1) is 11.3 Å². The zero-order valence-electron chi connectivity index (χ0n) is 12.1. The highest BCUT2D eigenvalue weighted by Gasteiger charge is 2.23. The van der Waals surface area contributed by atoms with Crippen molar-refractivity contribution in [2.24, 2.45) is 5.92 Å². The minimum absolute atomic E-state index is 0.0662. The Hall–Kier alpha value is -1.63. The zero-order valence-corrected chi connectivity index (χ0v) is 12.9. The maximum Gasteiger partial charge on any atom is 0.325 e. The van der Waals surface area contributed by atoms with E-state index in [1.54, 1.807) is 5.38 Å². The number of methoxy groups -OCH3 is 1. The number of carbonyl (C=O) groups excluding carboxylic acids is 2. The topological polar surface area (TPSA) is 85.5 Å². The van der Waals surface area contributed by atoms with Crippen molar-refractivity contribution in [2.45, 2.75) is 26.7 Å². The summed E-state index contributed by atoms with van der Waals surface area (Å²) >= 11 is 1.21. The van der Waals surface area contributed by atoms with Gasteiger partial charge in [0.1, 0.15) is 12.2 Å². The van der Waals surface area contributed by atoms with Crippen LogP contribution in [-0.4, -0.2) is 42.0 Å². The van der Waals surface area contributed by atoms with E-state index in [1.807, 2.05) is 0 Å². The summed E-state index contributed by atoms with van der Waals surface area (Å²) < 4.78 is 4.65. The molecule has 0 spiro atoms. The first-order valence-electron chi connectivity index (χ1n) is 6.58. The van der Waals surface area contributed by atoms with Gasteiger partial charge in [-0.3, -0.25) is 9.59 Å². The number of esters is 1. The van der Waals surface area contributed by atoms with Crippen molar-refractivity contribution in [1.82, 2.24) is 9.88 Å². The molecule has 0 aliphatic carbocycles. The molecule has 1 rings (SSSR count). The number of nitrogens with two attached hydrogens (primary N) is 1. The molecule has 1 aromatic rings. The highest BCUT2D eigenvalue weighted by Crippen LogP contribution is 2.16. The lowest BCUT2D eigenvalue weighted by molar-refractivity contribution is -0.141. The molecule has 0 aromatic carbocycles. The van der Waals surface area contributed by atoms with E-state index in [-0.39, 0.29) is 18.1 Å². The number of nitrogens with zero attached hydrogens (tertiary/aromatic N) is 2. The Balaban J connectivity index is 2.85. The number of anilines is 1. The number of rotatable bonds is 7. The second-order valence-electron chi connectivity index (χ2n) is 4.52. The molecule has 0 saturated heterocycles. The van der Waals surface area contributed by atoms with Crippen molar-refractivity contribution in [2.75, 3.05) is 25.9 Å². The Bertz CT molecular complexity index is 457. The number of ether oxygens (including phenoxy) is 1. The van der Waals surface area contributed by atoms with Gasteiger partial charge in [0.2, 0.25) is 0 Å². The number of nitrogen functional groups attached to an aromatic ring is 1. The summed E-state index contributed by atoms with van der Waals surface area (Å²) in [5.74, 6) is -0.373. The van der Waals surface area contributed by atoms with Crippen molar-refractivity contribution >= 4 is 28.3 Å². The van der Waals surface area contributed by atoms with E-state index in [1.165, 1.54) is 23.3 Å². The van der Waals surface area contributed by atoms with Crippen LogP contribution in [0.25, 0.3) is 0 Å². The van der Waals surface area contributed by atoms with Crippen LogP contribution in [0.4, 0.5) is 5.13 Å². The number of hydrogen-bond donors (Lipinski definition) is 1. The van der Waals surface area contributed by atoms with E-state index < -0.39 is 5.97 Å². The third kappa shape index (κ3) is 4.48. The number of thiazole rings is 1. The van der Waals surface area contributed by atoms with Crippen LogP contribution < -0.4 is 5.73 Å². The normalized spacial score (nSPS) is 10.6. The lowest BCUT2D eigenvalue weighted by Gasteiger charge is -2.25. The van der Waals surface area contributed by atoms with Gasteiger partial charge in [0.05, 0.1) is 7.11 Å². The van der Waals surface area contributed by atoms with Crippen LogP contribution in [0.15, 0.2) is 5.38 Å². The molecule has 112 valence electrons. The monoisotopic (exact) mass is 299 g/mol. The Morgan fingerprint density at radius 1 is 1.45 bits per heavy atom. The van der Waals surface area contributed by atoms with Gasteiger partial charge in [-0.05, 0) is 5.92 Å². The van der Waals surface area contributed by atoms with Crippen LogP contribution in [0.5, 0.6) is 0 Å². The first kappa shape index (κ1) is 16.4. The van der Waals surface area contributed by atoms with Crippen LogP contribution >= 0.6 is 11.3 Å². The van der Waals surface area contributed by atoms with E-state index in [0.717, 1.165) is 12.8 Å². The SMILES string of the molecule is CCC(CC)CN(CC(=O)OC)C(=O)c1csc(N)n1. The van der Waals surface area contributed by atoms with Crippen molar-refractivity contribution in [3.63, 3.8) is 0 Å². The fourth-order valence-electron chi connectivity index (χ4n) is 1.85. The molecular formula is C13H21N3O3S. The lowest BCUT2D eigenvalue weighted by atomic mass is 10.0. The first-order chi connectivity index (χ1) is 9.51. The molecule has 0 saturated carbocycles. The molecule has 0 radical (unpaired) electrons. The van der Waals surface area contributed by atoms with E-state index in [0.29, 0.717) is 17.6 Å². The Morgan fingerprint density at radius 3 is 2.55 bits per heavy atom. The second-order valence-corrected chi connectivity index (χ2v) is 5.40. The van der Waals surface area contributed by atoms with Gasteiger partial charge in [0, 0.05) is 11.9 Å². The van der Waals surface area contributed by atoms with Gasteiger partial charge in [0.15, 0.2) is 5.13 Å². The quantitative estimate of drug-likeness (QED) is 0.776. The minimum atomic E-state index is -0.437. The van der Waals surface area contributed by atoms with E-state index in [2.05, 4.69) is 23.6 Å². The minimum Gasteiger partial charge on any atom is -0.468 e. The van der Waals surface area contributed by atoms with Crippen LogP contribution in [0.2, 0.25) is 0 Å². The predicted molar refractivity (Wildman–Crippen MR) is 78.5 cm³/mol. The number of carbonyl (C=O) groups is 2. The van der Waals surface area contributed by atoms with E-state index in [4.69, 9.17) is 5.73 Å². The number of amides is 1. The number of hydrogen-bond acceptors (Lipinski definition) is 6. The van der Waals surface area contributed by atoms with Crippen molar-refractivity contribution < 1.29 is 14.3 Å². The molecule has 0 aliphatic rings. The summed E-state index contributed by atoms with van der Waals surface area (Å²) in [5.41, 5.74) is 5.82. The molecule has 1 amide bonds. The molecule has 0 atom stereocenters. The molecular weight excluding hydrogens is 278 g/mol. The van der Waals surface area contributed by atoms with Crippen molar-refractivity contribution in [1.29, 1.82) is 0 Å². The molecule has 0 bridgehead atoms. The summed E-state index contributed by atoms with van der Waals surface area (Å²) in [6.45, 7) is 4.58. The van der Waals surface area contributed by atoms with E-state index in [9.17, 15) is 9.59 Å². The molecule has 6 nitrogen and oxygen atoms in total. The summed E-state index contributed by atoms with van der Waals surface area (Å²) in [5, 5.41) is 1.95. The molecule has 0 fully saturated rings. The van der Waals surface area contributed by atoms with Gasteiger partial charge < -0.3 is 15.4 Å². The van der Waals surface area contributed by atoms with Crippen molar-refractivity contribution in [3.05, 3.63) is 11.1 Å². The molecule has 1 aromatic heterocycles. The molecule has 0 unspecified atom stereocenters. The summed E-state index contributed by atoms with van der Waals surface area (Å²) in [4.78, 5) is 29.3. The fraction of sp³-hybridized carbons (Fsp3) is 0.615. The molecule has 2 N–H and O–H groups in total. The van der Waals surface area contributed by atoms with Gasteiger partial charge in [0.25, 0.3) is 5.91 Å². The summed E-state index contributed by atoms with van der Waals surface area (Å²) in [6.07, 6.45) is 1.89. The average Bonchev–Trinajstić information content (AvgIpc) is 2.88. The Kier molecular flexibility index (Phi) is 6.44. The van der Waals surface area contributed by atoms with Crippen LogP contribution in [0.1, 0.15) is 37.2 Å². The predicted octanol–water partition coefficient (Wildman–Crippen LogP) is 1.78. The highest BCUT2D eigenvalue weighted by atomic mass is 32.1. The molecule has 7 heteroatoms. The maximum absolute atomic E-state index is 12.4. The zero-order chi connectivity index (χ0) is 15.1. The Labute approximate surface area is 122 Å². The lowest BCUT2D eigenvalue weighted by Crippen LogP contribution is -2.39. The van der Waals surface area contributed by atoms with Crippen LogP contribution in [-0.2, 0) is 9.53 Å². The van der Waals surface area contributed by atoms with Crippen molar-refractivity contribution in [3.8, 4) is 0 Å². The molecule has 20 heavy (non-hydrogen) atoms. The largest absolute Gasteiger partial charge is 0.468 e. The summed E-state index contributed by atoms with van der Waals surface area (Å²) in [6, 6.07) is 0. The fourth-order valence-corrected chi connectivity index (χ4v) is 2.38. The highest BCUT2D eigenvalue weighted by molar-refractivity contribution is 7.13. The summed E-state index contributed by atoms with van der Waals surface area (Å²) in [7, 11) is 1.31. The average molecular weight is 299 g/mol.